The highest BCUT2D eigenvalue weighted by molar-refractivity contribution is 5.83. The van der Waals surface area contributed by atoms with Crippen molar-refractivity contribution < 1.29 is 38.7 Å². The standard InChI is InChI=1S/C18H24N6O8/c1-29-11(25)4-19-18(28)31-6-10-13(26)14(27)17(32-10)24-8-22-12-15(20-7-21-16(12)24)23-9-2-3-30-5-9/h7-10,13-14,17,26-27H,2-6H2,1H3,(H,19,28)(H,20,21,23). The zero-order valence-electron chi connectivity index (χ0n) is 17.2. The number of fused-ring (bicyclic) bond motifs is 1. The maximum absolute atomic E-state index is 11.7. The van der Waals surface area contributed by atoms with Crippen molar-refractivity contribution in [2.75, 3.05) is 38.8 Å². The van der Waals surface area contributed by atoms with E-state index in [1.54, 1.807) is 0 Å². The van der Waals surface area contributed by atoms with E-state index in [1.165, 1.54) is 24.3 Å². The van der Waals surface area contributed by atoms with Crippen molar-refractivity contribution in [1.29, 1.82) is 0 Å². The zero-order valence-corrected chi connectivity index (χ0v) is 17.2. The Morgan fingerprint density at radius 3 is 2.88 bits per heavy atom. The number of ether oxygens (including phenoxy) is 4. The first kappa shape index (κ1) is 22.1. The number of hydrogen-bond donors (Lipinski definition) is 4. The third-order valence-corrected chi connectivity index (χ3v) is 5.22. The van der Waals surface area contributed by atoms with Crippen LogP contribution >= 0.6 is 0 Å². The summed E-state index contributed by atoms with van der Waals surface area (Å²) in [5, 5.41) is 26.3. The fourth-order valence-electron chi connectivity index (χ4n) is 3.51. The molecule has 174 valence electrons. The lowest BCUT2D eigenvalue weighted by molar-refractivity contribution is -0.139. The summed E-state index contributed by atoms with van der Waals surface area (Å²) in [6.07, 6.45) is -1.93. The van der Waals surface area contributed by atoms with Gasteiger partial charge in [0.05, 0.1) is 26.1 Å². The number of rotatable bonds is 7. The van der Waals surface area contributed by atoms with Crippen LogP contribution in [0.25, 0.3) is 11.2 Å². The first-order chi connectivity index (χ1) is 15.5. The molecule has 4 N–H and O–H groups in total. The number of methoxy groups -OCH3 is 1. The maximum Gasteiger partial charge on any atom is 0.407 e. The van der Waals surface area contributed by atoms with E-state index in [0.717, 1.165) is 6.42 Å². The Labute approximate surface area is 181 Å². The Balaban J connectivity index is 1.42. The molecule has 2 fully saturated rings. The van der Waals surface area contributed by atoms with Gasteiger partial charge in [-0.25, -0.2) is 19.7 Å². The molecule has 32 heavy (non-hydrogen) atoms. The SMILES string of the molecule is COC(=O)CNC(=O)OCC1OC(n2cnc3c(NC4CCOC4)ncnc32)C(O)C1O. The number of hydrogen-bond acceptors (Lipinski definition) is 12. The highest BCUT2D eigenvalue weighted by atomic mass is 16.6. The number of aromatic nitrogens is 4. The van der Waals surface area contributed by atoms with E-state index in [-0.39, 0.29) is 19.2 Å². The van der Waals surface area contributed by atoms with Gasteiger partial charge in [0.15, 0.2) is 23.2 Å². The number of nitrogens with zero attached hydrogens (tertiary/aromatic N) is 4. The van der Waals surface area contributed by atoms with Crippen LogP contribution < -0.4 is 10.6 Å². The van der Waals surface area contributed by atoms with Gasteiger partial charge in [-0.05, 0) is 6.42 Å². The van der Waals surface area contributed by atoms with Crippen molar-refractivity contribution >= 4 is 29.0 Å². The van der Waals surface area contributed by atoms with Crippen LogP contribution in [0.1, 0.15) is 12.6 Å². The smallest absolute Gasteiger partial charge is 0.407 e. The molecule has 0 aliphatic carbocycles. The second-order valence-electron chi connectivity index (χ2n) is 7.33. The Morgan fingerprint density at radius 2 is 2.12 bits per heavy atom. The summed E-state index contributed by atoms with van der Waals surface area (Å²) in [7, 11) is 1.19. The van der Waals surface area contributed by atoms with Crippen molar-refractivity contribution in [2.45, 2.75) is 37.0 Å². The number of aliphatic hydroxyl groups is 2. The van der Waals surface area contributed by atoms with Crippen LogP contribution in [0.3, 0.4) is 0 Å². The number of amides is 1. The number of esters is 1. The largest absolute Gasteiger partial charge is 0.468 e. The second-order valence-corrected chi connectivity index (χ2v) is 7.33. The maximum atomic E-state index is 11.7. The molecule has 0 saturated carbocycles. The number of imidazole rings is 1. The minimum Gasteiger partial charge on any atom is -0.468 e. The van der Waals surface area contributed by atoms with Crippen molar-refractivity contribution in [3.8, 4) is 0 Å². The van der Waals surface area contributed by atoms with Gasteiger partial charge in [-0.2, -0.15) is 0 Å². The van der Waals surface area contributed by atoms with Gasteiger partial charge in [-0.1, -0.05) is 0 Å². The number of nitrogens with one attached hydrogen (secondary N) is 2. The van der Waals surface area contributed by atoms with E-state index in [9.17, 15) is 19.8 Å². The van der Waals surface area contributed by atoms with Gasteiger partial charge in [0.2, 0.25) is 0 Å². The first-order valence-electron chi connectivity index (χ1n) is 9.98. The van der Waals surface area contributed by atoms with Crippen molar-refractivity contribution in [3.05, 3.63) is 12.7 Å². The van der Waals surface area contributed by atoms with E-state index in [0.29, 0.717) is 30.2 Å². The number of carbonyl (C=O) groups is 2. The molecular weight excluding hydrogens is 428 g/mol. The summed E-state index contributed by atoms with van der Waals surface area (Å²) < 4.78 is 22.0. The Hall–Kier alpha value is -3.07. The summed E-state index contributed by atoms with van der Waals surface area (Å²) in [5.74, 6) is -0.114. The van der Waals surface area contributed by atoms with E-state index < -0.39 is 36.6 Å². The van der Waals surface area contributed by atoms with Crippen LogP contribution in [0.5, 0.6) is 0 Å². The van der Waals surface area contributed by atoms with E-state index in [1.807, 2.05) is 0 Å². The Kier molecular flexibility index (Phi) is 6.64. The molecule has 4 heterocycles. The average Bonchev–Trinajstić information content (AvgIpc) is 3.52. The molecule has 5 unspecified atom stereocenters. The van der Waals surface area contributed by atoms with Crippen molar-refractivity contribution in [2.24, 2.45) is 0 Å². The van der Waals surface area contributed by atoms with E-state index in [4.69, 9.17) is 14.2 Å². The fourth-order valence-corrected chi connectivity index (χ4v) is 3.51. The minimum atomic E-state index is -1.33. The van der Waals surface area contributed by atoms with E-state index >= 15 is 0 Å². The normalized spacial score (nSPS) is 27.4. The molecule has 2 aromatic rings. The number of alkyl carbamates (subject to hydrolysis) is 1. The summed E-state index contributed by atoms with van der Waals surface area (Å²) in [6, 6.07) is 0.111. The average molecular weight is 452 g/mol. The summed E-state index contributed by atoms with van der Waals surface area (Å²) in [6.45, 7) is 0.527. The number of aliphatic hydroxyl groups excluding tert-OH is 2. The zero-order chi connectivity index (χ0) is 22.7. The lowest BCUT2D eigenvalue weighted by Gasteiger charge is -2.17. The summed E-state index contributed by atoms with van der Waals surface area (Å²) >= 11 is 0. The lowest BCUT2D eigenvalue weighted by Crippen LogP contribution is -2.37. The van der Waals surface area contributed by atoms with Crippen molar-refractivity contribution in [3.63, 3.8) is 0 Å². The lowest BCUT2D eigenvalue weighted by atomic mass is 10.1. The van der Waals surface area contributed by atoms with Gasteiger partial charge in [-0.15, -0.1) is 0 Å². The summed E-state index contributed by atoms with van der Waals surface area (Å²) in [5.41, 5.74) is 0.877. The molecule has 4 rings (SSSR count). The molecular formula is C18H24N6O8. The highest BCUT2D eigenvalue weighted by Crippen LogP contribution is 2.32. The molecule has 2 saturated heterocycles. The van der Waals surface area contributed by atoms with Gasteiger partial charge < -0.3 is 39.8 Å². The third kappa shape index (κ3) is 4.57. The van der Waals surface area contributed by atoms with Crippen LogP contribution in [-0.4, -0.2) is 99.6 Å². The van der Waals surface area contributed by atoms with Crippen LogP contribution in [-0.2, 0) is 23.7 Å². The van der Waals surface area contributed by atoms with Gasteiger partial charge in [-0.3, -0.25) is 9.36 Å². The van der Waals surface area contributed by atoms with Gasteiger partial charge in [0, 0.05) is 6.61 Å². The Bertz CT molecular complexity index is 964. The minimum absolute atomic E-state index is 0.111. The quantitative estimate of drug-likeness (QED) is 0.359. The van der Waals surface area contributed by atoms with Crippen LogP contribution in [0.15, 0.2) is 12.7 Å². The molecule has 0 radical (unpaired) electrons. The molecule has 1 amide bonds. The topological polar surface area (TPSA) is 179 Å². The van der Waals surface area contributed by atoms with Gasteiger partial charge >= 0.3 is 12.1 Å². The predicted octanol–water partition coefficient (Wildman–Crippen LogP) is -1.45. The monoisotopic (exact) mass is 452 g/mol. The highest BCUT2D eigenvalue weighted by Gasteiger charge is 2.45. The van der Waals surface area contributed by atoms with Gasteiger partial charge in [0.1, 0.15) is 37.8 Å². The predicted molar refractivity (Wildman–Crippen MR) is 105 cm³/mol. The summed E-state index contributed by atoms with van der Waals surface area (Å²) in [4.78, 5) is 35.5. The number of carbonyl (C=O) groups excluding carboxylic acids is 2. The van der Waals surface area contributed by atoms with Gasteiger partial charge in [0.25, 0.3) is 0 Å². The molecule has 14 heteroatoms. The number of anilines is 1. The third-order valence-electron chi connectivity index (χ3n) is 5.22. The van der Waals surface area contributed by atoms with E-state index in [2.05, 4.69) is 30.3 Å². The van der Waals surface area contributed by atoms with Crippen LogP contribution in [0, 0.1) is 0 Å². The van der Waals surface area contributed by atoms with Crippen molar-refractivity contribution in [1.82, 2.24) is 24.8 Å². The Morgan fingerprint density at radius 1 is 1.28 bits per heavy atom. The van der Waals surface area contributed by atoms with Crippen LogP contribution in [0.2, 0.25) is 0 Å². The molecule has 5 atom stereocenters. The molecule has 2 aliphatic rings. The molecule has 0 aromatic carbocycles. The molecule has 2 aliphatic heterocycles. The molecule has 2 aromatic heterocycles. The molecule has 0 spiro atoms. The molecule has 0 bridgehead atoms. The van der Waals surface area contributed by atoms with Crippen LogP contribution in [0.4, 0.5) is 10.6 Å². The first-order valence-corrected chi connectivity index (χ1v) is 9.98. The second kappa shape index (κ2) is 9.60. The molecule has 14 nitrogen and oxygen atoms in total. The fraction of sp³-hybridized carbons (Fsp3) is 0.611.